The Balaban J connectivity index is 1.44. The molecule has 1 fully saturated rings. The summed E-state index contributed by atoms with van der Waals surface area (Å²) >= 11 is 0. The Hall–Kier alpha value is -3.36. The predicted octanol–water partition coefficient (Wildman–Crippen LogP) is 5.37. The zero-order valence-electron chi connectivity index (χ0n) is 20.8. The molecule has 1 aliphatic carbocycles. The van der Waals surface area contributed by atoms with Gasteiger partial charge in [0.25, 0.3) is 5.91 Å². The Morgan fingerprint density at radius 3 is 2.31 bits per heavy atom. The van der Waals surface area contributed by atoms with E-state index in [0.717, 1.165) is 56.2 Å². The van der Waals surface area contributed by atoms with E-state index in [-0.39, 0.29) is 30.2 Å². The van der Waals surface area contributed by atoms with E-state index >= 15 is 0 Å². The number of unbranched alkanes of at least 4 members (excludes halogenated alkanes) is 1. The van der Waals surface area contributed by atoms with E-state index in [0.29, 0.717) is 18.9 Å². The molecule has 0 aromatic heterocycles. The lowest BCUT2D eigenvalue weighted by Crippen LogP contribution is -2.40. The summed E-state index contributed by atoms with van der Waals surface area (Å²) in [7, 11) is 1.55. The summed E-state index contributed by atoms with van der Waals surface area (Å²) in [5.74, 6) is -2.06. The fourth-order valence-electron chi connectivity index (χ4n) is 4.07. The highest BCUT2D eigenvalue weighted by Gasteiger charge is 2.24. The van der Waals surface area contributed by atoms with Crippen LogP contribution in [0.1, 0.15) is 61.4 Å². The summed E-state index contributed by atoms with van der Waals surface area (Å²) in [5.41, 5.74) is 0.613. The van der Waals surface area contributed by atoms with Crippen LogP contribution in [0.4, 0.5) is 13.6 Å². The molecule has 0 unspecified atom stereocenters. The maximum absolute atomic E-state index is 14.5. The number of halogens is 2. The van der Waals surface area contributed by atoms with Gasteiger partial charge in [-0.15, -0.1) is 0 Å². The van der Waals surface area contributed by atoms with Crippen molar-refractivity contribution in [1.29, 1.82) is 0 Å². The van der Waals surface area contributed by atoms with Gasteiger partial charge in [0.1, 0.15) is 12.4 Å². The average Bonchev–Trinajstić information content (AvgIpc) is 2.88. The van der Waals surface area contributed by atoms with Crippen LogP contribution < -0.4 is 20.1 Å². The number of carbonyl (C=O) groups excluding carboxylic acids is 2. The second-order valence-corrected chi connectivity index (χ2v) is 8.97. The highest BCUT2D eigenvalue weighted by molar-refractivity contribution is 5.94. The molecule has 0 aliphatic heterocycles. The second kappa shape index (κ2) is 13.7. The van der Waals surface area contributed by atoms with Crippen molar-refractivity contribution in [2.75, 3.05) is 20.3 Å². The molecule has 36 heavy (non-hydrogen) atoms. The molecule has 2 amide bonds. The van der Waals surface area contributed by atoms with Gasteiger partial charge >= 0.3 is 6.09 Å². The van der Waals surface area contributed by atoms with Gasteiger partial charge in [-0.25, -0.2) is 13.6 Å². The number of ether oxygens (including phenoxy) is 3. The minimum Gasteiger partial charge on any atom is -0.497 e. The predicted molar refractivity (Wildman–Crippen MR) is 131 cm³/mol. The third kappa shape index (κ3) is 8.10. The normalized spacial score (nSPS) is 17.2. The van der Waals surface area contributed by atoms with Crippen LogP contribution in [0, 0.1) is 17.6 Å². The minimum atomic E-state index is -0.939. The van der Waals surface area contributed by atoms with Crippen molar-refractivity contribution in [2.24, 2.45) is 5.92 Å². The number of nitrogens with one attached hydrogen (secondary N) is 2. The molecule has 9 heteroatoms. The van der Waals surface area contributed by atoms with E-state index in [1.54, 1.807) is 31.4 Å². The third-order valence-corrected chi connectivity index (χ3v) is 6.25. The van der Waals surface area contributed by atoms with Crippen LogP contribution in [0.2, 0.25) is 0 Å². The Labute approximate surface area is 210 Å². The van der Waals surface area contributed by atoms with Crippen molar-refractivity contribution in [3.05, 3.63) is 59.2 Å². The molecule has 2 N–H and O–H groups in total. The molecular weight excluding hydrogens is 470 g/mol. The lowest BCUT2D eigenvalue weighted by atomic mass is 9.86. The fraction of sp³-hybridized carbons (Fsp3) is 0.481. The molecule has 0 atom stereocenters. The molecule has 0 heterocycles. The number of amides is 2. The summed E-state index contributed by atoms with van der Waals surface area (Å²) in [6.45, 7) is 2.81. The van der Waals surface area contributed by atoms with Crippen LogP contribution in [0.15, 0.2) is 36.4 Å². The standard InChI is InChI=1S/C27H34F2N2O5/c1-3-4-13-35-27(33)31-21-9-5-18(6-10-21)16-30-26(32)20-14-23(28)25(24(29)15-20)36-17-19-7-11-22(34-2)12-8-19/h7-8,11-12,14-15,18,21H,3-6,9-10,13,16-17H2,1-2H3,(H,30,32)(H,31,33). The number of carbonyl (C=O) groups is 2. The van der Waals surface area contributed by atoms with E-state index in [1.165, 1.54) is 0 Å². The van der Waals surface area contributed by atoms with Gasteiger partial charge in [-0.1, -0.05) is 25.5 Å². The van der Waals surface area contributed by atoms with E-state index in [1.807, 2.05) is 6.92 Å². The Bertz CT molecular complexity index is 985. The average molecular weight is 505 g/mol. The minimum absolute atomic E-state index is 0.0304. The molecule has 7 nitrogen and oxygen atoms in total. The SMILES string of the molecule is CCCCOC(=O)NC1CCC(CNC(=O)c2cc(F)c(OCc3ccc(OC)cc3)c(F)c2)CC1. The highest BCUT2D eigenvalue weighted by Crippen LogP contribution is 2.26. The molecule has 1 saturated carbocycles. The summed E-state index contributed by atoms with van der Waals surface area (Å²) in [5, 5.41) is 5.65. The molecule has 2 aromatic carbocycles. The van der Waals surface area contributed by atoms with Gasteiger partial charge in [-0.2, -0.15) is 0 Å². The summed E-state index contributed by atoms with van der Waals surface area (Å²) in [6, 6.07) is 8.94. The molecule has 2 aromatic rings. The zero-order valence-corrected chi connectivity index (χ0v) is 20.8. The quantitative estimate of drug-likeness (QED) is 0.402. The maximum Gasteiger partial charge on any atom is 0.407 e. The van der Waals surface area contributed by atoms with E-state index < -0.39 is 23.3 Å². The molecule has 3 rings (SSSR count). The van der Waals surface area contributed by atoms with Crippen LogP contribution in [0.25, 0.3) is 0 Å². The number of rotatable bonds is 11. The fourth-order valence-corrected chi connectivity index (χ4v) is 4.07. The van der Waals surface area contributed by atoms with Gasteiger partial charge in [0.15, 0.2) is 17.4 Å². The first-order chi connectivity index (χ1) is 17.4. The first-order valence-corrected chi connectivity index (χ1v) is 12.4. The Kier molecular flexibility index (Phi) is 10.3. The second-order valence-electron chi connectivity index (χ2n) is 8.97. The van der Waals surface area contributed by atoms with E-state index in [2.05, 4.69) is 10.6 Å². The van der Waals surface area contributed by atoms with Crippen molar-refractivity contribution in [3.63, 3.8) is 0 Å². The monoisotopic (exact) mass is 504 g/mol. The number of methoxy groups -OCH3 is 1. The van der Waals surface area contributed by atoms with Crippen molar-refractivity contribution in [3.8, 4) is 11.5 Å². The molecule has 0 bridgehead atoms. The number of alkyl carbamates (subject to hydrolysis) is 1. The largest absolute Gasteiger partial charge is 0.497 e. The summed E-state index contributed by atoms with van der Waals surface area (Å²) < 4.78 is 44.6. The van der Waals surface area contributed by atoms with Crippen LogP contribution in [0.5, 0.6) is 11.5 Å². The smallest absolute Gasteiger partial charge is 0.407 e. The number of hydrogen-bond acceptors (Lipinski definition) is 5. The van der Waals surface area contributed by atoms with Crippen molar-refractivity contribution >= 4 is 12.0 Å². The number of benzene rings is 2. The first kappa shape index (κ1) is 27.2. The molecular formula is C27H34F2N2O5. The van der Waals surface area contributed by atoms with Gasteiger partial charge < -0.3 is 24.8 Å². The lowest BCUT2D eigenvalue weighted by Gasteiger charge is -2.29. The van der Waals surface area contributed by atoms with E-state index in [4.69, 9.17) is 14.2 Å². The van der Waals surface area contributed by atoms with Gasteiger partial charge in [0.05, 0.1) is 13.7 Å². The van der Waals surface area contributed by atoms with Crippen molar-refractivity contribution < 1.29 is 32.6 Å². The van der Waals surface area contributed by atoms with Gasteiger partial charge in [0, 0.05) is 18.2 Å². The first-order valence-electron chi connectivity index (χ1n) is 12.4. The molecule has 1 aliphatic rings. The highest BCUT2D eigenvalue weighted by atomic mass is 19.1. The van der Waals surface area contributed by atoms with Crippen molar-refractivity contribution in [2.45, 2.75) is 58.1 Å². The molecule has 0 spiro atoms. The number of hydrogen-bond donors (Lipinski definition) is 2. The lowest BCUT2D eigenvalue weighted by molar-refractivity contribution is 0.0941. The Morgan fingerprint density at radius 1 is 1.03 bits per heavy atom. The third-order valence-electron chi connectivity index (χ3n) is 6.25. The zero-order chi connectivity index (χ0) is 25.9. The Morgan fingerprint density at radius 2 is 1.69 bits per heavy atom. The van der Waals surface area contributed by atoms with Crippen molar-refractivity contribution in [1.82, 2.24) is 10.6 Å². The summed E-state index contributed by atoms with van der Waals surface area (Å²) in [6.07, 6.45) is 4.63. The van der Waals surface area contributed by atoms with E-state index in [9.17, 15) is 18.4 Å². The molecule has 0 radical (unpaired) electrons. The van der Waals surface area contributed by atoms with Gasteiger partial charge in [-0.3, -0.25) is 4.79 Å². The molecule has 196 valence electrons. The van der Waals surface area contributed by atoms with Crippen LogP contribution in [0.3, 0.4) is 0 Å². The molecule has 0 saturated heterocycles. The topological polar surface area (TPSA) is 85.9 Å². The van der Waals surface area contributed by atoms with Gasteiger partial charge in [-0.05, 0) is 67.9 Å². The van der Waals surface area contributed by atoms with Gasteiger partial charge in [0.2, 0.25) is 0 Å². The summed E-state index contributed by atoms with van der Waals surface area (Å²) in [4.78, 5) is 24.3. The maximum atomic E-state index is 14.5. The van der Waals surface area contributed by atoms with Crippen LogP contribution >= 0.6 is 0 Å². The van der Waals surface area contributed by atoms with Crippen LogP contribution in [-0.4, -0.2) is 38.3 Å². The van der Waals surface area contributed by atoms with Crippen LogP contribution in [-0.2, 0) is 11.3 Å².